The lowest BCUT2D eigenvalue weighted by molar-refractivity contribution is 1.22. The molecule has 1 nitrogen and oxygen atoms in total. The van der Waals surface area contributed by atoms with Crippen LogP contribution in [-0.2, 0) is 6.42 Å². The van der Waals surface area contributed by atoms with Crippen LogP contribution in [0.3, 0.4) is 0 Å². The summed E-state index contributed by atoms with van der Waals surface area (Å²) < 4.78 is 0. The Balaban J connectivity index is 2.61. The molecule has 0 amide bonds. The number of rotatable bonds is 0. The second-order valence-corrected chi connectivity index (χ2v) is 6.35. The van der Waals surface area contributed by atoms with Crippen LogP contribution in [0.1, 0.15) is 45.9 Å². The molecule has 0 bridgehead atoms. The Kier molecular flexibility index (Phi) is 2.79. The third-order valence-electron chi connectivity index (χ3n) is 5.27. The van der Waals surface area contributed by atoms with Crippen molar-refractivity contribution in [1.29, 1.82) is 0 Å². The van der Waals surface area contributed by atoms with Gasteiger partial charge in [-0.2, -0.15) is 0 Å². The molecule has 1 heteroatoms. The van der Waals surface area contributed by atoms with Gasteiger partial charge in [-0.05, 0) is 98.2 Å². The second kappa shape index (κ2) is 4.18. The van der Waals surface area contributed by atoms with Crippen molar-refractivity contribution < 1.29 is 0 Å². The van der Waals surface area contributed by atoms with Gasteiger partial charge in [0.2, 0.25) is 0 Å². The lowest BCUT2D eigenvalue weighted by Crippen LogP contribution is -2.01. The molecular weight excluding hydrogens is 242 g/mol. The second-order valence-electron chi connectivity index (χ2n) is 6.35. The molecule has 104 valence electrons. The van der Waals surface area contributed by atoms with Crippen molar-refractivity contribution >= 4 is 22.2 Å². The van der Waals surface area contributed by atoms with E-state index in [4.69, 9.17) is 4.99 Å². The van der Waals surface area contributed by atoms with Gasteiger partial charge in [0.1, 0.15) is 0 Å². The van der Waals surface area contributed by atoms with Gasteiger partial charge < -0.3 is 0 Å². The maximum absolute atomic E-state index is 4.80. The SMILES string of the molecule is CC1=Nc2c(c(C)c3c(C)c(C)c(C)c(C)c3c2C)C1. The minimum Gasteiger partial charge on any atom is -0.257 e. The summed E-state index contributed by atoms with van der Waals surface area (Å²) in [6.07, 6.45) is 1.02. The number of nitrogens with zero attached hydrogens (tertiary/aromatic N) is 1. The minimum atomic E-state index is 1.02. The van der Waals surface area contributed by atoms with Crippen molar-refractivity contribution in [3.8, 4) is 0 Å². The van der Waals surface area contributed by atoms with Crippen LogP contribution in [0.25, 0.3) is 10.8 Å². The zero-order valence-electron chi connectivity index (χ0n) is 13.7. The minimum absolute atomic E-state index is 1.02. The smallest absolute Gasteiger partial charge is 0.0703 e. The molecule has 0 spiro atoms. The van der Waals surface area contributed by atoms with Gasteiger partial charge in [0.15, 0.2) is 0 Å². The Labute approximate surface area is 121 Å². The lowest BCUT2D eigenvalue weighted by atomic mass is 9.84. The number of hydrogen-bond acceptors (Lipinski definition) is 1. The maximum atomic E-state index is 4.80. The van der Waals surface area contributed by atoms with E-state index in [2.05, 4.69) is 48.5 Å². The Hall–Kier alpha value is -1.63. The molecule has 3 rings (SSSR count). The van der Waals surface area contributed by atoms with E-state index < -0.39 is 0 Å². The Morgan fingerprint density at radius 2 is 1.10 bits per heavy atom. The molecule has 1 aliphatic rings. The topological polar surface area (TPSA) is 12.4 Å². The number of benzene rings is 2. The number of fused-ring (bicyclic) bond motifs is 2. The molecule has 0 atom stereocenters. The number of aryl methyl sites for hydroxylation is 4. The van der Waals surface area contributed by atoms with Gasteiger partial charge in [0.05, 0.1) is 5.69 Å². The average molecular weight is 265 g/mol. The van der Waals surface area contributed by atoms with Crippen LogP contribution >= 0.6 is 0 Å². The predicted octanol–water partition coefficient (Wildman–Crippen LogP) is 5.34. The van der Waals surface area contributed by atoms with Crippen molar-refractivity contribution in [1.82, 2.24) is 0 Å². The van der Waals surface area contributed by atoms with Gasteiger partial charge in [-0.3, -0.25) is 4.99 Å². The van der Waals surface area contributed by atoms with Gasteiger partial charge in [-0.15, -0.1) is 0 Å². The van der Waals surface area contributed by atoms with E-state index in [0.717, 1.165) is 6.42 Å². The third kappa shape index (κ3) is 1.52. The molecule has 2 aromatic carbocycles. The molecule has 0 radical (unpaired) electrons. The molecule has 0 aliphatic carbocycles. The molecule has 0 saturated carbocycles. The molecule has 1 heterocycles. The molecule has 20 heavy (non-hydrogen) atoms. The van der Waals surface area contributed by atoms with Crippen LogP contribution in [0, 0.1) is 41.5 Å². The van der Waals surface area contributed by atoms with E-state index in [0.29, 0.717) is 0 Å². The van der Waals surface area contributed by atoms with Crippen molar-refractivity contribution in [3.63, 3.8) is 0 Å². The van der Waals surface area contributed by atoms with E-state index in [9.17, 15) is 0 Å². The van der Waals surface area contributed by atoms with E-state index >= 15 is 0 Å². The highest BCUT2D eigenvalue weighted by atomic mass is 14.8. The molecular formula is C19H23N. The van der Waals surface area contributed by atoms with Crippen molar-refractivity contribution in [2.75, 3.05) is 0 Å². The summed E-state index contributed by atoms with van der Waals surface area (Å²) in [5.41, 5.74) is 12.4. The molecule has 1 aliphatic heterocycles. The summed E-state index contributed by atoms with van der Waals surface area (Å²) >= 11 is 0. The Morgan fingerprint density at radius 3 is 1.65 bits per heavy atom. The quantitative estimate of drug-likeness (QED) is 0.609. The van der Waals surface area contributed by atoms with Crippen molar-refractivity contribution in [3.05, 3.63) is 38.9 Å². The van der Waals surface area contributed by atoms with Gasteiger partial charge in [0.25, 0.3) is 0 Å². The van der Waals surface area contributed by atoms with Gasteiger partial charge in [0, 0.05) is 12.1 Å². The fraction of sp³-hybridized carbons (Fsp3) is 0.421. The highest BCUT2D eigenvalue weighted by Crippen LogP contribution is 2.43. The Bertz CT molecular complexity index is 792. The van der Waals surface area contributed by atoms with E-state index in [1.165, 1.54) is 61.1 Å². The van der Waals surface area contributed by atoms with Crippen LogP contribution in [-0.4, -0.2) is 5.71 Å². The molecule has 2 aromatic rings. The molecule has 0 saturated heterocycles. The predicted molar refractivity (Wildman–Crippen MR) is 88.8 cm³/mol. The number of aliphatic imine (C=N–C) groups is 1. The van der Waals surface area contributed by atoms with Crippen LogP contribution in [0.5, 0.6) is 0 Å². The monoisotopic (exact) mass is 265 g/mol. The summed E-state index contributed by atoms with van der Waals surface area (Å²) in [4.78, 5) is 4.80. The lowest BCUT2D eigenvalue weighted by Gasteiger charge is -2.20. The first-order valence-electron chi connectivity index (χ1n) is 7.40. The average Bonchev–Trinajstić information content (AvgIpc) is 2.80. The third-order valence-corrected chi connectivity index (χ3v) is 5.27. The summed E-state index contributed by atoms with van der Waals surface area (Å²) in [6.45, 7) is 15.7. The fourth-order valence-corrected chi connectivity index (χ4v) is 3.78. The first-order valence-corrected chi connectivity index (χ1v) is 7.40. The first-order chi connectivity index (χ1) is 9.34. The summed E-state index contributed by atoms with van der Waals surface area (Å²) in [5.74, 6) is 0. The van der Waals surface area contributed by atoms with Crippen LogP contribution in [0.2, 0.25) is 0 Å². The fourth-order valence-electron chi connectivity index (χ4n) is 3.78. The summed E-state index contributed by atoms with van der Waals surface area (Å²) in [7, 11) is 0. The molecule has 0 fully saturated rings. The van der Waals surface area contributed by atoms with E-state index in [1.54, 1.807) is 0 Å². The summed E-state index contributed by atoms with van der Waals surface area (Å²) in [5, 5.41) is 2.90. The van der Waals surface area contributed by atoms with Crippen LogP contribution < -0.4 is 0 Å². The van der Waals surface area contributed by atoms with E-state index in [1.807, 2.05) is 0 Å². The van der Waals surface area contributed by atoms with E-state index in [-0.39, 0.29) is 0 Å². The van der Waals surface area contributed by atoms with Crippen molar-refractivity contribution in [2.45, 2.75) is 54.9 Å². The Morgan fingerprint density at radius 1 is 0.600 bits per heavy atom. The maximum Gasteiger partial charge on any atom is 0.0703 e. The highest BCUT2D eigenvalue weighted by Gasteiger charge is 2.22. The molecule has 0 unspecified atom stereocenters. The molecule has 0 N–H and O–H groups in total. The summed E-state index contributed by atoms with van der Waals surface area (Å²) in [6, 6.07) is 0. The molecule has 0 aromatic heterocycles. The zero-order chi connectivity index (χ0) is 14.8. The number of hydrogen-bond donors (Lipinski definition) is 0. The largest absolute Gasteiger partial charge is 0.257 e. The zero-order valence-corrected chi connectivity index (χ0v) is 13.7. The van der Waals surface area contributed by atoms with Gasteiger partial charge in [-0.25, -0.2) is 0 Å². The van der Waals surface area contributed by atoms with Gasteiger partial charge in [-0.1, -0.05) is 0 Å². The normalized spacial score (nSPS) is 13.8. The van der Waals surface area contributed by atoms with Crippen LogP contribution in [0.4, 0.5) is 5.69 Å². The van der Waals surface area contributed by atoms with Crippen LogP contribution in [0.15, 0.2) is 4.99 Å². The highest BCUT2D eigenvalue weighted by molar-refractivity contribution is 6.04. The standard InChI is InChI=1S/C19H23N/c1-9-8-16-14(6)17-12(4)10(2)11(3)13(5)18(17)15(7)19(16)20-9/h8H2,1-7H3. The first kappa shape index (κ1) is 13.4. The van der Waals surface area contributed by atoms with Crippen molar-refractivity contribution in [2.24, 2.45) is 4.99 Å². The van der Waals surface area contributed by atoms with Gasteiger partial charge >= 0.3 is 0 Å².